The molecule has 1 aromatic carbocycles. The van der Waals surface area contributed by atoms with Gasteiger partial charge in [0.05, 0.1) is 11.7 Å². The molecule has 0 heterocycles. The van der Waals surface area contributed by atoms with Crippen molar-refractivity contribution in [3.8, 4) is 0 Å². The van der Waals surface area contributed by atoms with E-state index in [4.69, 9.17) is 5.11 Å². The molecular formula is C12H15F2NO2S. The monoisotopic (exact) mass is 275 g/mol. The summed E-state index contributed by atoms with van der Waals surface area (Å²) >= 11 is 0.350. The summed E-state index contributed by atoms with van der Waals surface area (Å²) in [5.41, 5.74) is 0.230. The molecule has 0 aliphatic heterocycles. The molecule has 0 fully saturated rings. The van der Waals surface area contributed by atoms with E-state index in [2.05, 4.69) is 5.32 Å². The highest BCUT2D eigenvalue weighted by Crippen LogP contribution is 2.28. The first-order valence-electron chi connectivity index (χ1n) is 5.51. The molecule has 0 saturated carbocycles. The number of carbonyl (C=O) groups is 1. The summed E-state index contributed by atoms with van der Waals surface area (Å²) in [6.07, 6.45) is -0.0772. The van der Waals surface area contributed by atoms with Crippen LogP contribution in [0.15, 0.2) is 29.2 Å². The van der Waals surface area contributed by atoms with Gasteiger partial charge in [0, 0.05) is 11.4 Å². The average molecular weight is 275 g/mol. The molecule has 6 heteroatoms. The predicted octanol–water partition coefficient (Wildman–Crippen LogP) is 2.50. The molecule has 0 aliphatic carbocycles. The quantitative estimate of drug-likeness (QED) is 0.784. The van der Waals surface area contributed by atoms with Gasteiger partial charge in [-0.15, -0.1) is 0 Å². The number of thioether (sulfide) groups is 1. The zero-order chi connectivity index (χ0) is 13.5. The van der Waals surface area contributed by atoms with Crippen LogP contribution in [0, 0.1) is 0 Å². The zero-order valence-electron chi connectivity index (χ0n) is 9.90. The van der Waals surface area contributed by atoms with Crippen LogP contribution in [-0.2, 0) is 0 Å². The van der Waals surface area contributed by atoms with Gasteiger partial charge in [-0.3, -0.25) is 4.79 Å². The van der Waals surface area contributed by atoms with Crippen LogP contribution < -0.4 is 5.32 Å². The van der Waals surface area contributed by atoms with Gasteiger partial charge in [-0.1, -0.05) is 23.9 Å². The second-order valence-corrected chi connectivity index (χ2v) is 4.80. The fourth-order valence-electron chi connectivity index (χ4n) is 1.34. The van der Waals surface area contributed by atoms with E-state index in [0.29, 0.717) is 24.7 Å². The smallest absolute Gasteiger partial charge is 0.288 e. The van der Waals surface area contributed by atoms with Crippen molar-refractivity contribution in [2.75, 3.05) is 6.54 Å². The molecule has 1 amide bonds. The molecule has 2 N–H and O–H groups in total. The maximum Gasteiger partial charge on any atom is 0.288 e. The van der Waals surface area contributed by atoms with Gasteiger partial charge in [-0.25, -0.2) is 0 Å². The molecule has 18 heavy (non-hydrogen) atoms. The zero-order valence-corrected chi connectivity index (χ0v) is 10.7. The Morgan fingerprint density at radius 1 is 1.44 bits per heavy atom. The first kappa shape index (κ1) is 14.9. The Bertz CT molecular complexity index is 399. The number of aliphatic hydroxyl groups is 1. The third-order valence-corrected chi connectivity index (χ3v) is 2.98. The lowest BCUT2D eigenvalue weighted by molar-refractivity contribution is 0.0942. The number of hydrogen-bond acceptors (Lipinski definition) is 3. The summed E-state index contributed by atoms with van der Waals surface area (Å²) in [7, 11) is 0. The second kappa shape index (κ2) is 7.33. The number of nitrogens with one attached hydrogen (secondary N) is 1. The normalized spacial score (nSPS) is 12.5. The molecule has 0 saturated heterocycles. The molecule has 0 aromatic heterocycles. The summed E-state index contributed by atoms with van der Waals surface area (Å²) in [4.78, 5) is 12.0. The van der Waals surface area contributed by atoms with E-state index < -0.39 is 17.8 Å². The van der Waals surface area contributed by atoms with Crippen molar-refractivity contribution in [2.24, 2.45) is 0 Å². The lowest BCUT2D eigenvalue weighted by Crippen LogP contribution is -2.27. The summed E-state index contributed by atoms with van der Waals surface area (Å²) < 4.78 is 24.6. The standard InChI is InChI=1S/C12H15F2NO2S/c1-8(16)6-7-15-11(17)9-4-2-3-5-10(9)18-12(13)14/h2-5,8,12,16H,6-7H2,1H3,(H,15,17). The number of hydrogen-bond donors (Lipinski definition) is 2. The number of rotatable bonds is 6. The van der Waals surface area contributed by atoms with Crippen molar-refractivity contribution in [1.29, 1.82) is 0 Å². The van der Waals surface area contributed by atoms with Crippen molar-refractivity contribution >= 4 is 17.7 Å². The van der Waals surface area contributed by atoms with Crippen molar-refractivity contribution in [3.63, 3.8) is 0 Å². The molecule has 0 radical (unpaired) electrons. The topological polar surface area (TPSA) is 49.3 Å². The lowest BCUT2D eigenvalue weighted by Gasteiger charge is -2.10. The van der Waals surface area contributed by atoms with Gasteiger partial charge in [0.1, 0.15) is 0 Å². The number of alkyl halides is 2. The third kappa shape index (κ3) is 5.01. The van der Waals surface area contributed by atoms with E-state index in [0.717, 1.165) is 0 Å². The minimum Gasteiger partial charge on any atom is -0.393 e. The van der Waals surface area contributed by atoms with Crippen LogP contribution in [0.3, 0.4) is 0 Å². The number of carbonyl (C=O) groups excluding carboxylic acids is 1. The van der Waals surface area contributed by atoms with Crippen molar-refractivity contribution in [1.82, 2.24) is 5.32 Å². The van der Waals surface area contributed by atoms with Crippen LogP contribution in [0.2, 0.25) is 0 Å². The molecule has 1 aromatic rings. The van der Waals surface area contributed by atoms with Crippen LogP contribution in [0.25, 0.3) is 0 Å². The van der Waals surface area contributed by atoms with Crippen molar-refractivity contribution in [3.05, 3.63) is 29.8 Å². The van der Waals surface area contributed by atoms with Gasteiger partial charge in [0.2, 0.25) is 0 Å². The first-order chi connectivity index (χ1) is 8.50. The fraction of sp³-hybridized carbons (Fsp3) is 0.417. The minimum atomic E-state index is -2.56. The van der Waals surface area contributed by atoms with Crippen LogP contribution in [0.1, 0.15) is 23.7 Å². The number of amides is 1. The molecular weight excluding hydrogens is 260 g/mol. The van der Waals surface area contributed by atoms with Crippen LogP contribution >= 0.6 is 11.8 Å². The Kier molecular flexibility index (Phi) is 6.07. The number of benzene rings is 1. The molecule has 3 nitrogen and oxygen atoms in total. The predicted molar refractivity (Wildman–Crippen MR) is 66.9 cm³/mol. The molecule has 1 atom stereocenters. The van der Waals surface area contributed by atoms with Crippen LogP contribution in [-0.4, -0.2) is 29.4 Å². The van der Waals surface area contributed by atoms with Crippen molar-refractivity contribution < 1.29 is 18.7 Å². The van der Waals surface area contributed by atoms with Gasteiger partial charge in [0.15, 0.2) is 0 Å². The minimum absolute atomic E-state index is 0.230. The Hall–Kier alpha value is -1.14. The molecule has 0 bridgehead atoms. The largest absolute Gasteiger partial charge is 0.393 e. The molecule has 100 valence electrons. The van der Waals surface area contributed by atoms with Gasteiger partial charge in [-0.05, 0) is 25.5 Å². The number of aliphatic hydroxyl groups excluding tert-OH is 1. The van der Waals surface area contributed by atoms with Gasteiger partial charge >= 0.3 is 0 Å². The molecule has 1 unspecified atom stereocenters. The van der Waals surface area contributed by atoms with Gasteiger partial charge in [-0.2, -0.15) is 8.78 Å². The molecule has 0 spiro atoms. The fourth-order valence-corrected chi connectivity index (χ4v) is 1.98. The highest BCUT2D eigenvalue weighted by molar-refractivity contribution is 7.99. The van der Waals surface area contributed by atoms with E-state index in [9.17, 15) is 13.6 Å². The Balaban J connectivity index is 2.66. The highest BCUT2D eigenvalue weighted by atomic mass is 32.2. The van der Waals surface area contributed by atoms with Gasteiger partial charge < -0.3 is 10.4 Å². The van der Waals surface area contributed by atoms with E-state index >= 15 is 0 Å². The maximum absolute atomic E-state index is 12.3. The third-order valence-electron chi connectivity index (χ3n) is 2.20. The van der Waals surface area contributed by atoms with Gasteiger partial charge in [0.25, 0.3) is 11.7 Å². The summed E-state index contributed by atoms with van der Waals surface area (Å²) in [5, 5.41) is 11.6. The summed E-state index contributed by atoms with van der Waals surface area (Å²) in [5.74, 6) is -2.96. The number of halogens is 2. The SMILES string of the molecule is CC(O)CCNC(=O)c1ccccc1SC(F)F. The average Bonchev–Trinajstić information content (AvgIpc) is 2.28. The van der Waals surface area contributed by atoms with E-state index in [-0.39, 0.29) is 10.5 Å². The Morgan fingerprint density at radius 2 is 2.11 bits per heavy atom. The highest BCUT2D eigenvalue weighted by Gasteiger charge is 2.14. The maximum atomic E-state index is 12.3. The molecule has 0 aliphatic rings. The second-order valence-electron chi connectivity index (χ2n) is 3.77. The Labute approximate surface area is 109 Å². The van der Waals surface area contributed by atoms with E-state index in [1.54, 1.807) is 19.1 Å². The first-order valence-corrected chi connectivity index (χ1v) is 6.38. The lowest BCUT2D eigenvalue weighted by atomic mass is 10.2. The summed E-state index contributed by atoms with van der Waals surface area (Å²) in [6.45, 7) is 1.93. The van der Waals surface area contributed by atoms with Crippen molar-refractivity contribution in [2.45, 2.75) is 30.1 Å². The van der Waals surface area contributed by atoms with Crippen LogP contribution in [0.5, 0.6) is 0 Å². The Morgan fingerprint density at radius 3 is 2.72 bits per heavy atom. The van der Waals surface area contributed by atoms with E-state index in [1.165, 1.54) is 12.1 Å². The summed E-state index contributed by atoms with van der Waals surface area (Å²) in [6, 6.07) is 6.22. The molecule has 1 rings (SSSR count). The van der Waals surface area contributed by atoms with Crippen LogP contribution in [0.4, 0.5) is 8.78 Å². The van der Waals surface area contributed by atoms with E-state index in [1.807, 2.05) is 0 Å².